The van der Waals surface area contributed by atoms with E-state index in [1.54, 1.807) is 0 Å². The van der Waals surface area contributed by atoms with Gasteiger partial charge in [0.05, 0.1) is 11.9 Å². The number of aromatic nitrogens is 1. The SMILES string of the molecule is Nc1cnc(C(F)F)c(F)c1Cl. The zero-order valence-electron chi connectivity index (χ0n) is 5.69. The van der Waals surface area contributed by atoms with Crippen molar-refractivity contribution < 1.29 is 13.2 Å². The summed E-state index contributed by atoms with van der Waals surface area (Å²) >= 11 is 5.25. The van der Waals surface area contributed by atoms with Crippen molar-refractivity contribution in [1.82, 2.24) is 4.98 Å². The fourth-order valence-electron chi connectivity index (χ4n) is 0.644. The van der Waals surface area contributed by atoms with E-state index in [0.29, 0.717) is 0 Å². The van der Waals surface area contributed by atoms with Gasteiger partial charge in [0.25, 0.3) is 6.43 Å². The number of nitrogens with zero attached hydrogens (tertiary/aromatic N) is 1. The molecule has 1 rings (SSSR count). The molecule has 1 aromatic heterocycles. The Balaban J connectivity index is 3.27. The average molecular weight is 197 g/mol. The van der Waals surface area contributed by atoms with Gasteiger partial charge < -0.3 is 5.73 Å². The van der Waals surface area contributed by atoms with E-state index in [-0.39, 0.29) is 5.69 Å². The van der Waals surface area contributed by atoms with Gasteiger partial charge in [-0.05, 0) is 0 Å². The summed E-state index contributed by atoms with van der Waals surface area (Å²) in [6.45, 7) is 0. The second-order valence-electron chi connectivity index (χ2n) is 2.03. The van der Waals surface area contributed by atoms with Gasteiger partial charge in [-0.3, -0.25) is 0 Å². The van der Waals surface area contributed by atoms with Gasteiger partial charge in [-0.15, -0.1) is 0 Å². The standard InChI is InChI=1S/C6H4ClF3N2/c7-3-2(11)1-12-5(4(3)8)6(9)10/h1,6H,11H2. The number of nitrogen functional groups attached to an aromatic ring is 1. The van der Waals surface area contributed by atoms with Crippen molar-refractivity contribution in [1.29, 1.82) is 0 Å². The van der Waals surface area contributed by atoms with Crippen molar-refractivity contribution in [2.24, 2.45) is 0 Å². The lowest BCUT2D eigenvalue weighted by Crippen LogP contribution is -1.99. The first kappa shape index (κ1) is 9.12. The monoisotopic (exact) mass is 196 g/mol. The molecule has 2 nitrogen and oxygen atoms in total. The van der Waals surface area contributed by atoms with Gasteiger partial charge in [0.1, 0.15) is 10.7 Å². The Morgan fingerprint density at radius 1 is 1.50 bits per heavy atom. The molecule has 0 aromatic carbocycles. The summed E-state index contributed by atoms with van der Waals surface area (Å²) in [4.78, 5) is 3.10. The highest BCUT2D eigenvalue weighted by molar-refractivity contribution is 6.33. The third kappa shape index (κ3) is 1.45. The van der Waals surface area contributed by atoms with Crippen LogP contribution in [0.3, 0.4) is 0 Å². The van der Waals surface area contributed by atoms with Crippen molar-refractivity contribution in [2.75, 3.05) is 5.73 Å². The van der Waals surface area contributed by atoms with Crippen LogP contribution in [-0.4, -0.2) is 4.98 Å². The van der Waals surface area contributed by atoms with Crippen LogP contribution in [0.5, 0.6) is 0 Å². The van der Waals surface area contributed by atoms with E-state index in [9.17, 15) is 13.2 Å². The zero-order valence-corrected chi connectivity index (χ0v) is 6.45. The molecule has 0 fully saturated rings. The molecular weight excluding hydrogens is 193 g/mol. The molecule has 2 N–H and O–H groups in total. The van der Waals surface area contributed by atoms with Gasteiger partial charge in [-0.2, -0.15) is 0 Å². The number of anilines is 1. The van der Waals surface area contributed by atoms with Crippen molar-refractivity contribution in [3.8, 4) is 0 Å². The highest BCUT2D eigenvalue weighted by Gasteiger charge is 2.18. The number of hydrogen-bond acceptors (Lipinski definition) is 2. The van der Waals surface area contributed by atoms with Crippen LogP contribution in [-0.2, 0) is 0 Å². The highest BCUT2D eigenvalue weighted by atomic mass is 35.5. The molecule has 0 atom stereocenters. The lowest BCUT2D eigenvalue weighted by molar-refractivity contribution is 0.140. The lowest BCUT2D eigenvalue weighted by atomic mass is 10.3. The predicted octanol–water partition coefficient (Wildman–Crippen LogP) is 2.39. The summed E-state index contributed by atoms with van der Waals surface area (Å²) in [6, 6.07) is 0. The molecular formula is C6H4ClF3N2. The minimum atomic E-state index is -2.98. The third-order valence-electron chi connectivity index (χ3n) is 1.22. The molecule has 0 radical (unpaired) electrons. The van der Waals surface area contributed by atoms with Crippen LogP contribution in [0.2, 0.25) is 5.02 Å². The Morgan fingerprint density at radius 2 is 2.08 bits per heavy atom. The first-order valence-corrected chi connectivity index (χ1v) is 3.29. The first-order chi connectivity index (χ1) is 5.54. The Hall–Kier alpha value is -0.970. The van der Waals surface area contributed by atoms with Gasteiger partial charge in [0.15, 0.2) is 5.82 Å². The van der Waals surface area contributed by atoms with Crippen molar-refractivity contribution >= 4 is 17.3 Å². The maximum atomic E-state index is 12.8. The fraction of sp³-hybridized carbons (Fsp3) is 0.167. The number of hydrogen-bond donors (Lipinski definition) is 1. The molecule has 0 aliphatic carbocycles. The molecule has 0 aliphatic rings. The zero-order chi connectivity index (χ0) is 9.30. The molecule has 0 saturated heterocycles. The number of alkyl halides is 2. The van der Waals surface area contributed by atoms with Gasteiger partial charge in [0.2, 0.25) is 0 Å². The van der Waals surface area contributed by atoms with E-state index in [1.807, 2.05) is 0 Å². The maximum absolute atomic E-state index is 12.8. The molecule has 0 unspecified atom stereocenters. The molecule has 0 spiro atoms. The van der Waals surface area contributed by atoms with Crippen LogP contribution >= 0.6 is 11.6 Å². The van der Waals surface area contributed by atoms with Crippen LogP contribution in [0, 0.1) is 5.82 Å². The number of pyridine rings is 1. The van der Waals surface area contributed by atoms with Crippen LogP contribution in [0.1, 0.15) is 12.1 Å². The van der Waals surface area contributed by atoms with E-state index >= 15 is 0 Å². The Morgan fingerprint density at radius 3 is 2.58 bits per heavy atom. The summed E-state index contributed by atoms with van der Waals surface area (Å²) in [5.41, 5.74) is 3.98. The van der Waals surface area contributed by atoms with Crippen molar-refractivity contribution in [2.45, 2.75) is 6.43 Å². The molecule has 1 heterocycles. The minimum absolute atomic E-state index is 0.154. The van der Waals surface area contributed by atoms with Gasteiger partial charge in [0, 0.05) is 0 Å². The smallest absolute Gasteiger partial charge is 0.283 e. The number of rotatable bonds is 1. The Kier molecular flexibility index (Phi) is 2.42. The largest absolute Gasteiger partial charge is 0.396 e. The molecule has 0 bridgehead atoms. The average Bonchev–Trinajstić information content (AvgIpc) is 2.00. The van der Waals surface area contributed by atoms with Crippen LogP contribution < -0.4 is 5.73 Å². The van der Waals surface area contributed by atoms with E-state index in [0.717, 1.165) is 6.20 Å². The van der Waals surface area contributed by atoms with Crippen molar-refractivity contribution in [3.05, 3.63) is 22.7 Å². The molecule has 0 amide bonds. The molecule has 12 heavy (non-hydrogen) atoms. The summed E-state index contributed by atoms with van der Waals surface area (Å²) in [5, 5.41) is -0.514. The second-order valence-corrected chi connectivity index (χ2v) is 2.41. The maximum Gasteiger partial charge on any atom is 0.283 e. The fourth-order valence-corrected chi connectivity index (χ4v) is 0.789. The molecule has 0 saturated carbocycles. The number of halogens is 4. The molecule has 66 valence electrons. The summed E-state index contributed by atoms with van der Waals surface area (Å²) in [5.74, 6) is -1.26. The highest BCUT2D eigenvalue weighted by Crippen LogP contribution is 2.28. The van der Waals surface area contributed by atoms with Gasteiger partial charge in [-0.25, -0.2) is 18.2 Å². The van der Waals surface area contributed by atoms with Gasteiger partial charge in [-0.1, -0.05) is 11.6 Å². The third-order valence-corrected chi connectivity index (χ3v) is 1.60. The van der Waals surface area contributed by atoms with Gasteiger partial charge >= 0.3 is 0 Å². The van der Waals surface area contributed by atoms with E-state index in [2.05, 4.69) is 4.98 Å². The van der Waals surface area contributed by atoms with E-state index < -0.39 is 23.0 Å². The molecule has 0 aliphatic heterocycles. The summed E-state index contributed by atoms with van der Waals surface area (Å²) in [6.07, 6.45) is -2.09. The summed E-state index contributed by atoms with van der Waals surface area (Å²) < 4.78 is 36.6. The lowest BCUT2D eigenvalue weighted by Gasteiger charge is -2.03. The first-order valence-electron chi connectivity index (χ1n) is 2.91. The minimum Gasteiger partial charge on any atom is -0.396 e. The predicted molar refractivity (Wildman–Crippen MR) is 38.6 cm³/mol. The topological polar surface area (TPSA) is 38.9 Å². The Bertz CT molecular complexity index is 303. The number of nitrogens with two attached hydrogens (primary N) is 1. The van der Waals surface area contributed by atoms with Crippen molar-refractivity contribution in [3.63, 3.8) is 0 Å². The summed E-state index contributed by atoms with van der Waals surface area (Å²) in [7, 11) is 0. The van der Waals surface area contributed by atoms with Crippen LogP contribution in [0.25, 0.3) is 0 Å². The quantitative estimate of drug-likeness (QED) is 0.749. The Labute approximate surface area is 71.2 Å². The van der Waals surface area contributed by atoms with Crippen LogP contribution in [0.15, 0.2) is 6.20 Å². The normalized spacial score (nSPS) is 10.8. The second kappa shape index (κ2) is 3.18. The molecule has 6 heteroatoms. The van der Waals surface area contributed by atoms with Crippen LogP contribution in [0.4, 0.5) is 18.9 Å². The van der Waals surface area contributed by atoms with E-state index in [4.69, 9.17) is 17.3 Å². The van der Waals surface area contributed by atoms with E-state index in [1.165, 1.54) is 0 Å². The molecule has 1 aromatic rings.